The minimum absolute atomic E-state index is 0. The molecule has 3 rings (SSSR count). The third-order valence-electron chi connectivity index (χ3n) is 6.46. The Kier molecular flexibility index (Phi) is 20.4. The average Bonchev–Trinajstić information content (AvgIpc) is 3.75. The van der Waals surface area contributed by atoms with E-state index in [2.05, 4.69) is 106 Å². The largest absolute Gasteiger partial charge is 0.124 e. The van der Waals surface area contributed by atoms with Crippen molar-refractivity contribution in [2.24, 2.45) is 0 Å². The standard InChI is InChI=1S/C20H30.C8H8.2C2H6.C2H4.C2H2.H/c1-8-19(4,5)16-12-14(3)18(15-10-11-15)17(13-16)20(6,7)9-2;1-7-5-3-4-6-8(7)2;4*1-2;/h10,12-13H,8-9,11H2,1-7H3;3-6H,1-2H2;2*1-2H3;1-2H2;1-2H;. The summed E-state index contributed by atoms with van der Waals surface area (Å²) in [6.07, 6.45) is 13.9. The summed E-state index contributed by atoms with van der Waals surface area (Å²) in [6, 6.07) is 12.7. The van der Waals surface area contributed by atoms with Crippen molar-refractivity contribution in [2.75, 3.05) is 0 Å². The van der Waals surface area contributed by atoms with E-state index >= 15 is 0 Å². The molecule has 0 N–H and O–H groups in total. The highest BCUT2D eigenvalue weighted by Crippen LogP contribution is 2.43. The van der Waals surface area contributed by atoms with E-state index in [1.54, 1.807) is 11.1 Å². The van der Waals surface area contributed by atoms with Crippen LogP contribution in [0.15, 0.2) is 55.6 Å². The Hall–Kier alpha value is -2.78. The molecule has 1 aliphatic rings. The highest BCUT2D eigenvalue weighted by atomic mass is 14.3. The zero-order valence-electron chi connectivity index (χ0n) is 26.6. The Labute approximate surface area is 227 Å². The number of allylic oxidation sites excluding steroid dienone is 2. The van der Waals surface area contributed by atoms with Crippen LogP contribution < -0.4 is 10.4 Å². The van der Waals surface area contributed by atoms with E-state index < -0.39 is 0 Å². The summed E-state index contributed by atoms with van der Waals surface area (Å²) in [4.78, 5) is 0. The molecule has 201 valence electrons. The number of hydrogen-bond donors (Lipinski definition) is 0. The molecule has 0 atom stereocenters. The lowest BCUT2D eigenvalue weighted by Gasteiger charge is -2.31. The molecular weight excluding hydrogens is 432 g/mol. The minimum Gasteiger partial charge on any atom is -0.124 e. The summed E-state index contributed by atoms with van der Waals surface area (Å²) in [5.74, 6) is 0. The molecule has 0 saturated heterocycles. The summed E-state index contributed by atoms with van der Waals surface area (Å²) >= 11 is 0. The molecule has 0 heterocycles. The van der Waals surface area contributed by atoms with Gasteiger partial charge in [0.2, 0.25) is 0 Å². The van der Waals surface area contributed by atoms with Crippen LogP contribution in [-0.4, -0.2) is 0 Å². The maximum Gasteiger partial charge on any atom is 0 e. The number of terminal acetylenes is 1. The van der Waals surface area contributed by atoms with Gasteiger partial charge >= 0.3 is 0 Å². The molecule has 2 aromatic rings. The fraction of sp³-hybridized carbons (Fsp3) is 0.444. The highest BCUT2D eigenvalue weighted by molar-refractivity contribution is 5.82. The van der Waals surface area contributed by atoms with Gasteiger partial charge in [0.05, 0.1) is 0 Å². The summed E-state index contributed by atoms with van der Waals surface area (Å²) in [5.41, 5.74) is 8.12. The Bertz CT molecular complexity index is 989. The molecule has 0 heteroatoms. The molecule has 1 radical (unpaired) electrons. The first-order chi connectivity index (χ1) is 17.0. The normalized spacial score (nSPS) is 11.0. The molecule has 0 aromatic heterocycles. The van der Waals surface area contributed by atoms with Crippen molar-refractivity contribution in [1.82, 2.24) is 0 Å². The number of hydrogen-bond acceptors (Lipinski definition) is 0. The van der Waals surface area contributed by atoms with Crippen molar-refractivity contribution in [2.45, 2.75) is 106 Å². The lowest BCUT2D eigenvalue weighted by Crippen LogP contribution is -2.22. The predicted molar refractivity (Wildman–Crippen MR) is 172 cm³/mol. The van der Waals surface area contributed by atoms with Gasteiger partial charge in [-0.3, -0.25) is 0 Å². The molecular formula is C36H57. The van der Waals surface area contributed by atoms with Crippen molar-refractivity contribution < 1.29 is 1.43 Å². The van der Waals surface area contributed by atoms with Gasteiger partial charge in [-0.15, -0.1) is 26.0 Å². The molecule has 0 unspecified atom stereocenters. The van der Waals surface area contributed by atoms with Crippen LogP contribution in [0, 0.1) is 19.8 Å². The zero-order chi connectivity index (χ0) is 29.1. The number of benzene rings is 2. The topological polar surface area (TPSA) is 0 Å². The van der Waals surface area contributed by atoms with Crippen molar-refractivity contribution in [3.8, 4) is 12.8 Å². The molecule has 0 amide bonds. The average molecular weight is 490 g/mol. The summed E-state index contributed by atoms with van der Waals surface area (Å²) in [5, 5.41) is 2.01. The van der Waals surface area contributed by atoms with Gasteiger partial charge in [-0.25, -0.2) is 0 Å². The second kappa shape index (κ2) is 19.4. The van der Waals surface area contributed by atoms with Crippen molar-refractivity contribution in [1.29, 1.82) is 0 Å². The van der Waals surface area contributed by atoms with Gasteiger partial charge in [0.1, 0.15) is 0 Å². The van der Waals surface area contributed by atoms with Crippen LogP contribution in [0.2, 0.25) is 0 Å². The molecule has 0 spiro atoms. The van der Waals surface area contributed by atoms with E-state index in [1.807, 2.05) is 52.0 Å². The number of aryl methyl sites for hydroxylation is 1. The molecule has 0 bridgehead atoms. The maximum atomic E-state index is 4.00. The van der Waals surface area contributed by atoms with E-state index in [1.165, 1.54) is 36.0 Å². The molecule has 0 saturated carbocycles. The van der Waals surface area contributed by atoms with Crippen molar-refractivity contribution in [3.63, 3.8) is 0 Å². The van der Waals surface area contributed by atoms with Gasteiger partial charge in [-0.05, 0) is 75.3 Å². The Morgan fingerprint density at radius 1 is 0.806 bits per heavy atom. The Balaban J connectivity index is -0.000000268. The monoisotopic (exact) mass is 489 g/mol. The second-order valence-corrected chi connectivity index (χ2v) is 9.39. The first-order valence-corrected chi connectivity index (χ1v) is 13.4. The summed E-state index contributed by atoms with van der Waals surface area (Å²) < 4.78 is 0. The van der Waals surface area contributed by atoms with E-state index in [0.717, 1.165) is 10.4 Å². The van der Waals surface area contributed by atoms with Crippen LogP contribution in [0.5, 0.6) is 0 Å². The minimum atomic E-state index is 0. The predicted octanol–water partition coefficient (Wildman–Crippen LogP) is 9.88. The van der Waals surface area contributed by atoms with Crippen LogP contribution in [-0.2, 0) is 10.8 Å². The molecule has 0 nitrogen and oxygen atoms in total. The lowest BCUT2D eigenvalue weighted by atomic mass is 9.73. The van der Waals surface area contributed by atoms with Crippen molar-refractivity contribution >= 4 is 18.7 Å². The van der Waals surface area contributed by atoms with Crippen LogP contribution in [0.3, 0.4) is 0 Å². The first kappa shape index (κ1) is 37.8. The SMILES string of the molecule is C#C.C=C.C=c1ccccc1=C.CC.CC.CCC(C)(C)c1cc(C)c(C2=CC2)c(C(C)(C)CC)c1.[H]. The quantitative estimate of drug-likeness (QED) is 0.289. The van der Waals surface area contributed by atoms with Crippen LogP contribution in [0.4, 0.5) is 0 Å². The van der Waals surface area contributed by atoms with Crippen LogP contribution in [0.1, 0.15) is 112 Å². The summed E-state index contributed by atoms with van der Waals surface area (Å²) in [6.45, 7) is 37.9. The molecule has 1 aliphatic carbocycles. The number of rotatable bonds is 5. The smallest absolute Gasteiger partial charge is 0 e. The second-order valence-electron chi connectivity index (χ2n) is 9.39. The Morgan fingerprint density at radius 3 is 1.50 bits per heavy atom. The first-order valence-electron chi connectivity index (χ1n) is 13.4. The molecule has 0 aliphatic heterocycles. The van der Waals surface area contributed by atoms with E-state index in [-0.39, 0.29) is 12.3 Å². The third-order valence-corrected chi connectivity index (χ3v) is 6.46. The van der Waals surface area contributed by atoms with Gasteiger partial charge in [-0.1, -0.05) is 125 Å². The van der Waals surface area contributed by atoms with Gasteiger partial charge < -0.3 is 0 Å². The van der Waals surface area contributed by atoms with Gasteiger partial charge in [0.25, 0.3) is 0 Å². The fourth-order valence-electron chi connectivity index (χ4n) is 3.35. The molecule has 36 heavy (non-hydrogen) atoms. The molecule has 0 fully saturated rings. The van der Waals surface area contributed by atoms with Gasteiger partial charge in [0, 0.05) is 1.43 Å². The Morgan fingerprint density at radius 2 is 1.19 bits per heavy atom. The van der Waals surface area contributed by atoms with Crippen LogP contribution >= 0.6 is 0 Å². The van der Waals surface area contributed by atoms with Gasteiger partial charge in [-0.2, -0.15) is 0 Å². The van der Waals surface area contributed by atoms with Crippen molar-refractivity contribution in [3.05, 3.63) is 88.3 Å². The maximum absolute atomic E-state index is 4.00. The molecule has 2 aromatic carbocycles. The van der Waals surface area contributed by atoms with E-state index in [9.17, 15) is 0 Å². The summed E-state index contributed by atoms with van der Waals surface area (Å²) in [7, 11) is 0. The fourth-order valence-corrected chi connectivity index (χ4v) is 3.35. The van der Waals surface area contributed by atoms with Gasteiger partial charge in [0.15, 0.2) is 0 Å². The lowest BCUT2D eigenvalue weighted by molar-refractivity contribution is 0.487. The third kappa shape index (κ3) is 11.8. The van der Waals surface area contributed by atoms with Crippen LogP contribution in [0.25, 0.3) is 18.7 Å². The highest BCUT2D eigenvalue weighted by Gasteiger charge is 2.29. The zero-order valence-corrected chi connectivity index (χ0v) is 25.6. The van der Waals surface area contributed by atoms with E-state index in [0.29, 0.717) is 0 Å². The van der Waals surface area contributed by atoms with E-state index in [4.69, 9.17) is 0 Å².